The number of amides is 1. The highest BCUT2D eigenvalue weighted by atomic mass is 19.1. The number of hydrogen-bond acceptors (Lipinski definition) is 5. The van der Waals surface area contributed by atoms with E-state index in [0.29, 0.717) is 37.2 Å². The van der Waals surface area contributed by atoms with Crippen LogP contribution in [0.5, 0.6) is 5.75 Å². The number of hydrogen-bond donors (Lipinski definition) is 0. The zero-order chi connectivity index (χ0) is 20.9. The molecule has 3 aromatic rings. The SMILES string of the molecule is COc1cccc(N2CCN(C(=O)CCc3conc3-c3cccc(F)c3)CC2)c1. The Hall–Kier alpha value is -3.35. The van der Waals surface area contributed by atoms with Crippen molar-refractivity contribution < 1.29 is 18.4 Å². The van der Waals surface area contributed by atoms with Crippen molar-refractivity contribution in [3.8, 4) is 17.0 Å². The van der Waals surface area contributed by atoms with Crippen molar-refractivity contribution in [1.82, 2.24) is 10.1 Å². The molecule has 1 amide bonds. The third-order valence-electron chi connectivity index (χ3n) is 5.40. The number of nitrogens with zero attached hydrogens (tertiary/aromatic N) is 3. The number of halogens is 1. The van der Waals surface area contributed by atoms with Gasteiger partial charge >= 0.3 is 0 Å². The third-order valence-corrected chi connectivity index (χ3v) is 5.40. The summed E-state index contributed by atoms with van der Waals surface area (Å²) in [7, 11) is 1.66. The molecule has 1 aromatic heterocycles. The van der Waals surface area contributed by atoms with Crippen molar-refractivity contribution >= 4 is 11.6 Å². The van der Waals surface area contributed by atoms with E-state index in [1.807, 2.05) is 23.1 Å². The number of ether oxygens (including phenoxy) is 1. The minimum Gasteiger partial charge on any atom is -0.497 e. The van der Waals surface area contributed by atoms with Crippen molar-refractivity contribution in [3.05, 3.63) is 66.2 Å². The van der Waals surface area contributed by atoms with Gasteiger partial charge in [0.15, 0.2) is 0 Å². The van der Waals surface area contributed by atoms with Crippen molar-refractivity contribution in [3.63, 3.8) is 0 Å². The highest BCUT2D eigenvalue weighted by Gasteiger charge is 2.22. The van der Waals surface area contributed by atoms with E-state index in [2.05, 4.69) is 16.1 Å². The van der Waals surface area contributed by atoms with Gasteiger partial charge in [0.25, 0.3) is 0 Å². The Bertz CT molecular complexity index is 1010. The average molecular weight is 409 g/mol. The fourth-order valence-corrected chi connectivity index (χ4v) is 3.73. The molecule has 1 aliphatic heterocycles. The molecule has 0 N–H and O–H groups in total. The first kappa shape index (κ1) is 19.9. The van der Waals surface area contributed by atoms with Crippen LogP contribution in [0.25, 0.3) is 11.3 Å². The average Bonchev–Trinajstić information content (AvgIpc) is 3.26. The second-order valence-electron chi connectivity index (χ2n) is 7.27. The Labute approximate surface area is 174 Å². The molecule has 0 atom stereocenters. The van der Waals surface area contributed by atoms with Gasteiger partial charge in [-0.1, -0.05) is 23.4 Å². The number of piperazine rings is 1. The summed E-state index contributed by atoms with van der Waals surface area (Å²) in [5.74, 6) is 0.604. The first-order valence-corrected chi connectivity index (χ1v) is 10.00. The lowest BCUT2D eigenvalue weighted by Crippen LogP contribution is -2.48. The van der Waals surface area contributed by atoms with Gasteiger partial charge in [0.05, 0.1) is 7.11 Å². The molecule has 2 aromatic carbocycles. The maximum atomic E-state index is 13.5. The molecule has 0 spiro atoms. The van der Waals surface area contributed by atoms with Crippen LogP contribution in [0.3, 0.4) is 0 Å². The monoisotopic (exact) mass is 409 g/mol. The molecule has 0 radical (unpaired) electrons. The van der Waals surface area contributed by atoms with Crippen LogP contribution in [-0.4, -0.2) is 49.3 Å². The summed E-state index contributed by atoms with van der Waals surface area (Å²) in [6, 6.07) is 14.2. The van der Waals surface area contributed by atoms with Gasteiger partial charge in [-0.2, -0.15) is 0 Å². The van der Waals surface area contributed by atoms with E-state index < -0.39 is 0 Å². The topological polar surface area (TPSA) is 58.8 Å². The van der Waals surface area contributed by atoms with Gasteiger partial charge in [-0.05, 0) is 30.7 Å². The Morgan fingerprint density at radius 1 is 1.13 bits per heavy atom. The van der Waals surface area contributed by atoms with Gasteiger partial charge in [-0.25, -0.2) is 4.39 Å². The lowest BCUT2D eigenvalue weighted by Gasteiger charge is -2.36. The molecule has 156 valence electrons. The number of benzene rings is 2. The van der Waals surface area contributed by atoms with E-state index in [0.717, 1.165) is 30.1 Å². The minimum absolute atomic E-state index is 0.103. The zero-order valence-corrected chi connectivity index (χ0v) is 16.9. The van der Waals surface area contributed by atoms with Crippen molar-refractivity contribution in [2.24, 2.45) is 0 Å². The Morgan fingerprint density at radius 3 is 2.70 bits per heavy atom. The van der Waals surface area contributed by atoms with Crippen molar-refractivity contribution in [1.29, 1.82) is 0 Å². The molecule has 2 heterocycles. The Morgan fingerprint density at radius 2 is 1.93 bits per heavy atom. The molecule has 1 aliphatic rings. The van der Waals surface area contributed by atoms with Crippen molar-refractivity contribution in [2.45, 2.75) is 12.8 Å². The van der Waals surface area contributed by atoms with E-state index in [4.69, 9.17) is 9.26 Å². The molecular weight excluding hydrogens is 385 g/mol. The molecule has 0 aliphatic carbocycles. The fraction of sp³-hybridized carbons (Fsp3) is 0.304. The van der Waals surface area contributed by atoms with Gasteiger partial charge in [0.2, 0.25) is 5.91 Å². The Balaban J connectivity index is 1.32. The summed E-state index contributed by atoms with van der Waals surface area (Å²) in [4.78, 5) is 16.9. The van der Waals surface area contributed by atoms with E-state index >= 15 is 0 Å². The van der Waals surface area contributed by atoms with Crippen LogP contribution in [0.1, 0.15) is 12.0 Å². The largest absolute Gasteiger partial charge is 0.497 e. The maximum absolute atomic E-state index is 13.5. The normalized spacial score (nSPS) is 14.1. The number of anilines is 1. The molecular formula is C23H24FN3O3. The highest BCUT2D eigenvalue weighted by molar-refractivity contribution is 5.77. The number of aryl methyl sites for hydroxylation is 1. The van der Waals surface area contributed by atoms with Gasteiger partial charge in [0, 0.05) is 55.5 Å². The second-order valence-corrected chi connectivity index (χ2v) is 7.27. The van der Waals surface area contributed by atoms with Crippen LogP contribution < -0.4 is 9.64 Å². The first-order valence-electron chi connectivity index (χ1n) is 10.00. The maximum Gasteiger partial charge on any atom is 0.223 e. The number of carbonyl (C=O) groups is 1. The summed E-state index contributed by atoms with van der Waals surface area (Å²) in [6.07, 6.45) is 2.40. The predicted molar refractivity (Wildman–Crippen MR) is 112 cm³/mol. The fourth-order valence-electron chi connectivity index (χ4n) is 3.73. The number of methoxy groups -OCH3 is 1. The standard InChI is InChI=1S/C23H24FN3O3/c1-29-21-7-3-6-20(15-21)26-10-12-27(13-11-26)22(28)9-8-18-16-30-25-23(18)17-4-2-5-19(24)14-17/h2-7,14-16H,8-13H2,1H3. The van der Waals surface area contributed by atoms with Crippen LogP contribution in [0.15, 0.2) is 59.3 Å². The van der Waals surface area contributed by atoms with E-state index in [-0.39, 0.29) is 11.7 Å². The minimum atomic E-state index is -0.327. The zero-order valence-electron chi connectivity index (χ0n) is 16.9. The van der Waals surface area contributed by atoms with E-state index in [1.165, 1.54) is 18.4 Å². The molecule has 1 saturated heterocycles. The lowest BCUT2D eigenvalue weighted by molar-refractivity contribution is -0.131. The summed E-state index contributed by atoms with van der Waals surface area (Å²) in [5.41, 5.74) is 3.15. The molecule has 4 rings (SSSR count). The van der Waals surface area contributed by atoms with E-state index in [9.17, 15) is 9.18 Å². The predicted octanol–water partition coefficient (Wildman–Crippen LogP) is 3.77. The van der Waals surface area contributed by atoms with Crippen molar-refractivity contribution in [2.75, 3.05) is 38.2 Å². The van der Waals surface area contributed by atoms with Crippen LogP contribution in [0.2, 0.25) is 0 Å². The second kappa shape index (κ2) is 8.98. The van der Waals surface area contributed by atoms with Crippen LogP contribution in [-0.2, 0) is 11.2 Å². The smallest absolute Gasteiger partial charge is 0.223 e. The molecule has 0 bridgehead atoms. The number of carbonyl (C=O) groups excluding carboxylic acids is 1. The van der Waals surface area contributed by atoms with Gasteiger partial charge in [0.1, 0.15) is 23.5 Å². The van der Waals surface area contributed by atoms with E-state index in [1.54, 1.807) is 19.2 Å². The van der Waals surface area contributed by atoms with Crippen LogP contribution >= 0.6 is 0 Å². The summed E-state index contributed by atoms with van der Waals surface area (Å²) >= 11 is 0. The Kier molecular flexibility index (Phi) is 5.97. The molecule has 0 unspecified atom stereocenters. The molecule has 7 heteroatoms. The lowest BCUT2D eigenvalue weighted by atomic mass is 10.0. The molecule has 1 fully saturated rings. The molecule has 6 nitrogen and oxygen atoms in total. The summed E-state index contributed by atoms with van der Waals surface area (Å²) in [6.45, 7) is 2.91. The third kappa shape index (κ3) is 4.45. The first-order chi connectivity index (χ1) is 14.6. The van der Waals surface area contributed by atoms with Gasteiger partial charge in [-0.15, -0.1) is 0 Å². The molecule has 30 heavy (non-hydrogen) atoms. The van der Waals surface area contributed by atoms with Gasteiger partial charge < -0.3 is 19.1 Å². The van der Waals surface area contributed by atoms with Crippen LogP contribution in [0.4, 0.5) is 10.1 Å². The highest BCUT2D eigenvalue weighted by Crippen LogP contribution is 2.25. The quantitative estimate of drug-likeness (QED) is 0.620. The summed E-state index contributed by atoms with van der Waals surface area (Å²) < 4.78 is 23.9. The summed E-state index contributed by atoms with van der Waals surface area (Å²) in [5, 5.41) is 3.99. The van der Waals surface area contributed by atoms with Gasteiger partial charge in [-0.3, -0.25) is 4.79 Å². The number of aromatic nitrogens is 1. The number of rotatable bonds is 6. The van der Waals surface area contributed by atoms with Crippen LogP contribution in [0, 0.1) is 5.82 Å². The molecule has 0 saturated carbocycles.